The first-order chi connectivity index (χ1) is 11.2. The van der Waals surface area contributed by atoms with Gasteiger partial charge in [0.15, 0.2) is 5.78 Å². The molecule has 2 nitrogen and oxygen atoms in total. The molecule has 0 aliphatic carbocycles. The van der Waals surface area contributed by atoms with Gasteiger partial charge in [-0.15, -0.1) is 0 Å². The van der Waals surface area contributed by atoms with Crippen LogP contribution in [0.5, 0.6) is 5.75 Å². The molecule has 0 unspecified atom stereocenters. The van der Waals surface area contributed by atoms with Crippen molar-refractivity contribution in [2.75, 3.05) is 6.61 Å². The summed E-state index contributed by atoms with van der Waals surface area (Å²) in [4.78, 5) is 12.1. The van der Waals surface area contributed by atoms with Crippen LogP contribution in [0.25, 0.3) is 6.08 Å². The molecule has 0 saturated heterocycles. The van der Waals surface area contributed by atoms with Gasteiger partial charge in [0.2, 0.25) is 0 Å². The van der Waals surface area contributed by atoms with Gasteiger partial charge in [-0.3, -0.25) is 4.79 Å². The summed E-state index contributed by atoms with van der Waals surface area (Å²) in [5.41, 5.74) is 2.86. The zero-order chi connectivity index (χ0) is 16.5. The molecule has 0 aromatic heterocycles. The van der Waals surface area contributed by atoms with Crippen molar-refractivity contribution in [1.82, 2.24) is 0 Å². The van der Waals surface area contributed by atoms with E-state index in [1.807, 2.05) is 61.5 Å². The van der Waals surface area contributed by atoms with Gasteiger partial charge in [0.25, 0.3) is 0 Å². The van der Waals surface area contributed by atoms with E-state index in [1.54, 1.807) is 6.08 Å². The third-order valence-electron chi connectivity index (χ3n) is 3.66. The lowest BCUT2D eigenvalue weighted by Crippen LogP contribution is -1.96. The number of benzene rings is 2. The molecule has 0 saturated carbocycles. The zero-order valence-electron chi connectivity index (χ0n) is 13.9. The summed E-state index contributed by atoms with van der Waals surface area (Å²) >= 11 is 0. The van der Waals surface area contributed by atoms with Crippen LogP contribution >= 0.6 is 0 Å². The largest absolute Gasteiger partial charge is 0.494 e. The first-order valence-corrected chi connectivity index (χ1v) is 8.21. The summed E-state index contributed by atoms with van der Waals surface area (Å²) in [6.45, 7) is 4.95. The standard InChI is InChI=1S/C21H24O2/c1-3-4-5-16-23-20-13-8-18(9-14-20)10-15-21(22)19-11-6-17(2)7-12-19/h6-15H,3-5,16H2,1-2H3/b15-10+. The summed E-state index contributed by atoms with van der Waals surface area (Å²) < 4.78 is 5.68. The molecule has 2 aromatic rings. The van der Waals surface area contributed by atoms with Crippen LogP contribution in [0.4, 0.5) is 0 Å². The Morgan fingerprint density at radius 2 is 1.70 bits per heavy atom. The minimum absolute atomic E-state index is 0.0184. The lowest BCUT2D eigenvalue weighted by atomic mass is 10.1. The molecule has 0 heterocycles. The maximum atomic E-state index is 12.1. The van der Waals surface area contributed by atoms with Gasteiger partial charge in [0.05, 0.1) is 6.61 Å². The predicted molar refractivity (Wildman–Crippen MR) is 96.0 cm³/mol. The fraction of sp³-hybridized carbons (Fsp3) is 0.286. The Bertz CT molecular complexity index is 637. The molecule has 0 bridgehead atoms. The van der Waals surface area contributed by atoms with Crippen LogP contribution in [0.15, 0.2) is 54.6 Å². The molecule has 0 radical (unpaired) electrons. The summed E-state index contributed by atoms with van der Waals surface area (Å²) in [7, 11) is 0. The Hall–Kier alpha value is -2.35. The van der Waals surface area contributed by atoms with Crippen molar-refractivity contribution in [3.63, 3.8) is 0 Å². The topological polar surface area (TPSA) is 26.3 Å². The molecule has 0 aliphatic rings. The van der Waals surface area contributed by atoms with Gasteiger partial charge in [-0.1, -0.05) is 67.8 Å². The van der Waals surface area contributed by atoms with Crippen molar-refractivity contribution in [1.29, 1.82) is 0 Å². The summed E-state index contributed by atoms with van der Waals surface area (Å²) in [6, 6.07) is 15.4. The van der Waals surface area contributed by atoms with Gasteiger partial charge in [-0.05, 0) is 37.1 Å². The molecule has 2 rings (SSSR count). The van der Waals surface area contributed by atoms with E-state index in [1.165, 1.54) is 12.8 Å². The molecule has 120 valence electrons. The first kappa shape index (κ1) is 17.0. The number of ketones is 1. The maximum Gasteiger partial charge on any atom is 0.185 e. The normalized spacial score (nSPS) is 10.9. The Morgan fingerprint density at radius 3 is 2.35 bits per heavy atom. The van der Waals surface area contributed by atoms with Crippen LogP contribution in [-0.2, 0) is 0 Å². The van der Waals surface area contributed by atoms with E-state index in [-0.39, 0.29) is 5.78 Å². The molecule has 0 amide bonds. The monoisotopic (exact) mass is 308 g/mol. The van der Waals surface area contributed by atoms with Crippen LogP contribution in [-0.4, -0.2) is 12.4 Å². The van der Waals surface area contributed by atoms with Crippen molar-refractivity contribution < 1.29 is 9.53 Å². The van der Waals surface area contributed by atoms with Gasteiger partial charge >= 0.3 is 0 Å². The highest BCUT2D eigenvalue weighted by molar-refractivity contribution is 6.06. The SMILES string of the molecule is CCCCCOc1ccc(/C=C/C(=O)c2ccc(C)cc2)cc1. The Labute approximate surface area is 138 Å². The van der Waals surface area contributed by atoms with Crippen molar-refractivity contribution in [3.05, 3.63) is 71.3 Å². The second-order valence-electron chi connectivity index (χ2n) is 5.69. The van der Waals surface area contributed by atoms with Crippen LogP contribution in [0.2, 0.25) is 0 Å². The average Bonchev–Trinajstić information content (AvgIpc) is 2.58. The van der Waals surface area contributed by atoms with Crippen LogP contribution in [0, 0.1) is 6.92 Å². The van der Waals surface area contributed by atoms with Crippen LogP contribution in [0.3, 0.4) is 0 Å². The average molecular weight is 308 g/mol. The smallest absolute Gasteiger partial charge is 0.185 e. The summed E-state index contributed by atoms with van der Waals surface area (Å²) in [5.74, 6) is 0.896. The number of unbranched alkanes of at least 4 members (excludes halogenated alkanes) is 2. The highest BCUT2D eigenvalue weighted by atomic mass is 16.5. The van der Waals surface area contributed by atoms with E-state index in [9.17, 15) is 4.79 Å². The van der Waals surface area contributed by atoms with Gasteiger partial charge < -0.3 is 4.74 Å². The Balaban J connectivity index is 1.89. The molecule has 2 heteroatoms. The fourth-order valence-corrected chi connectivity index (χ4v) is 2.20. The van der Waals surface area contributed by atoms with E-state index in [0.29, 0.717) is 5.56 Å². The number of hydrogen-bond donors (Lipinski definition) is 0. The Kier molecular flexibility index (Phi) is 6.61. The quantitative estimate of drug-likeness (QED) is 0.368. The summed E-state index contributed by atoms with van der Waals surface area (Å²) in [5, 5.41) is 0. The molecular formula is C21H24O2. The van der Waals surface area contributed by atoms with Crippen LogP contribution in [0.1, 0.15) is 47.7 Å². The van der Waals surface area contributed by atoms with E-state index in [2.05, 4.69) is 6.92 Å². The number of ether oxygens (including phenoxy) is 1. The third-order valence-corrected chi connectivity index (χ3v) is 3.66. The minimum atomic E-state index is 0.0184. The number of rotatable bonds is 8. The molecule has 23 heavy (non-hydrogen) atoms. The number of carbonyl (C=O) groups is 1. The second kappa shape index (κ2) is 8.94. The van der Waals surface area contributed by atoms with Crippen molar-refractivity contribution in [2.24, 2.45) is 0 Å². The fourth-order valence-electron chi connectivity index (χ4n) is 2.20. The van der Waals surface area contributed by atoms with E-state index in [0.717, 1.165) is 29.9 Å². The molecule has 0 aliphatic heterocycles. The third kappa shape index (κ3) is 5.74. The van der Waals surface area contributed by atoms with E-state index < -0.39 is 0 Å². The van der Waals surface area contributed by atoms with Crippen molar-refractivity contribution >= 4 is 11.9 Å². The second-order valence-corrected chi connectivity index (χ2v) is 5.69. The number of aryl methyl sites for hydroxylation is 1. The van der Waals surface area contributed by atoms with E-state index in [4.69, 9.17) is 4.74 Å². The van der Waals surface area contributed by atoms with Crippen LogP contribution < -0.4 is 4.74 Å². The number of hydrogen-bond acceptors (Lipinski definition) is 2. The molecule has 0 fully saturated rings. The first-order valence-electron chi connectivity index (χ1n) is 8.21. The van der Waals surface area contributed by atoms with Gasteiger partial charge in [-0.2, -0.15) is 0 Å². The van der Waals surface area contributed by atoms with Gasteiger partial charge in [-0.25, -0.2) is 0 Å². The van der Waals surface area contributed by atoms with Gasteiger partial charge in [0.1, 0.15) is 5.75 Å². The lowest BCUT2D eigenvalue weighted by molar-refractivity contribution is 0.104. The lowest BCUT2D eigenvalue weighted by Gasteiger charge is -2.05. The highest BCUT2D eigenvalue weighted by Gasteiger charge is 2.00. The minimum Gasteiger partial charge on any atom is -0.494 e. The maximum absolute atomic E-state index is 12.1. The van der Waals surface area contributed by atoms with Gasteiger partial charge in [0, 0.05) is 5.56 Å². The molecular weight excluding hydrogens is 284 g/mol. The van der Waals surface area contributed by atoms with E-state index >= 15 is 0 Å². The summed E-state index contributed by atoms with van der Waals surface area (Å²) in [6.07, 6.45) is 6.93. The number of allylic oxidation sites excluding steroid dienone is 1. The number of carbonyl (C=O) groups excluding carboxylic acids is 1. The van der Waals surface area contributed by atoms with Crippen molar-refractivity contribution in [2.45, 2.75) is 33.1 Å². The predicted octanol–water partition coefficient (Wildman–Crippen LogP) is 5.46. The zero-order valence-corrected chi connectivity index (χ0v) is 13.9. The van der Waals surface area contributed by atoms with Crippen molar-refractivity contribution in [3.8, 4) is 5.75 Å². The Morgan fingerprint density at radius 1 is 1.00 bits per heavy atom. The highest BCUT2D eigenvalue weighted by Crippen LogP contribution is 2.14. The molecule has 0 N–H and O–H groups in total. The molecule has 0 atom stereocenters. The molecule has 2 aromatic carbocycles. The molecule has 0 spiro atoms.